The van der Waals surface area contributed by atoms with Gasteiger partial charge in [-0.1, -0.05) is 180 Å². The molecule has 1 atom stereocenters. The van der Waals surface area contributed by atoms with Crippen molar-refractivity contribution in [3.05, 3.63) is 134 Å². The summed E-state index contributed by atoms with van der Waals surface area (Å²) in [5.41, 5.74) is 0. The van der Waals surface area contributed by atoms with Gasteiger partial charge in [0.25, 0.3) is 0 Å². The Bertz CT molecular complexity index is 1450. The number of hydrogen-bond donors (Lipinski definition) is 0. The van der Waals surface area contributed by atoms with Crippen molar-refractivity contribution in [3.8, 4) is 0 Å². The van der Waals surface area contributed by atoms with E-state index in [1.807, 2.05) is 0 Å². The maximum absolute atomic E-state index is 12.8. The number of unbranched alkanes of at least 4 members (excludes halogenated alkanes) is 11. The minimum atomic E-state index is -0.842. The first-order chi connectivity index (χ1) is 32.0. The summed E-state index contributed by atoms with van der Waals surface area (Å²) in [6.07, 6.45) is 73.0. The van der Waals surface area contributed by atoms with Crippen molar-refractivity contribution in [1.82, 2.24) is 0 Å². The molecule has 0 N–H and O–H groups in total. The number of allylic oxidation sites excluding steroid dienone is 22. The van der Waals surface area contributed by atoms with Gasteiger partial charge in [0, 0.05) is 19.3 Å². The van der Waals surface area contributed by atoms with Crippen LogP contribution in [0.4, 0.5) is 0 Å². The molecule has 0 fully saturated rings. The van der Waals surface area contributed by atoms with Gasteiger partial charge in [-0.2, -0.15) is 0 Å². The van der Waals surface area contributed by atoms with Crippen LogP contribution in [0.5, 0.6) is 0 Å². The van der Waals surface area contributed by atoms with Crippen LogP contribution in [0.1, 0.15) is 201 Å². The number of esters is 3. The Hall–Kier alpha value is -4.45. The van der Waals surface area contributed by atoms with Crippen molar-refractivity contribution in [2.24, 2.45) is 0 Å². The molecule has 0 aliphatic carbocycles. The summed E-state index contributed by atoms with van der Waals surface area (Å²) in [6, 6.07) is 0. The van der Waals surface area contributed by atoms with E-state index < -0.39 is 6.10 Å². The van der Waals surface area contributed by atoms with Crippen molar-refractivity contribution < 1.29 is 28.6 Å². The number of carbonyl (C=O) groups excluding carboxylic acids is 3. The summed E-state index contributed by atoms with van der Waals surface area (Å²) in [5, 5.41) is 0. The van der Waals surface area contributed by atoms with Crippen LogP contribution in [0.25, 0.3) is 0 Å². The van der Waals surface area contributed by atoms with Gasteiger partial charge in [0.2, 0.25) is 0 Å². The van der Waals surface area contributed by atoms with E-state index in [0.717, 1.165) is 89.9 Å². The fraction of sp³-hybridized carbons (Fsp3) is 0.576. The molecule has 0 bridgehead atoms. The van der Waals surface area contributed by atoms with Crippen LogP contribution >= 0.6 is 0 Å². The van der Waals surface area contributed by atoms with Crippen LogP contribution in [0.2, 0.25) is 0 Å². The molecule has 0 aromatic carbocycles. The van der Waals surface area contributed by atoms with Crippen LogP contribution in [-0.4, -0.2) is 37.2 Å². The number of rotatable bonds is 44. The third-order valence-corrected chi connectivity index (χ3v) is 10.1. The van der Waals surface area contributed by atoms with Crippen molar-refractivity contribution in [1.29, 1.82) is 0 Å². The molecule has 364 valence electrons. The van der Waals surface area contributed by atoms with Gasteiger partial charge in [-0.05, 0) is 135 Å². The second-order valence-corrected chi connectivity index (χ2v) is 16.3. The molecule has 6 heteroatoms. The zero-order chi connectivity index (χ0) is 47.2. The quantitative estimate of drug-likeness (QED) is 0.0262. The highest BCUT2D eigenvalue weighted by Crippen LogP contribution is 2.10. The van der Waals surface area contributed by atoms with E-state index in [2.05, 4.69) is 154 Å². The summed E-state index contributed by atoms with van der Waals surface area (Å²) in [7, 11) is 0. The van der Waals surface area contributed by atoms with Gasteiger partial charge in [0.1, 0.15) is 13.2 Å². The smallest absolute Gasteiger partial charge is 0.306 e. The SMILES string of the molecule is CC/C=C\C/C=C\C/C=C\C/C=C\CCCCC(=O)O[C@H](COC(=O)CCC/C=C\C/C=C\C/C=C\C/C=C\CCCCC)COC(=O)CCCC/C=C\C/C=C\C/C=C\CCCCC. The highest BCUT2D eigenvalue weighted by Gasteiger charge is 2.19. The van der Waals surface area contributed by atoms with Gasteiger partial charge in [-0.25, -0.2) is 0 Å². The first-order valence-corrected chi connectivity index (χ1v) is 25.7. The first-order valence-electron chi connectivity index (χ1n) is 25.7. The van der Waals surface area contributed by atoms with Gasteiger partial charge < -0.3 is 14.2 Å². The molecule has 0 rings (SSSR count). The molecule has 0 heterocycles. The lowest BCUT2D eigenvalue weighted by Crippen LogP contribution is -2.30. The van der Waals surface area contributed by atoms with Crippen molar-refractivity contribution in [2.75, 3.05) is 13.2 Å². The summed E-state index contributed by atoms with van der Waals surface area (Å²) >= 11 is 0. The van der Waals surface area contributed by atoms with Crippen molar-refractivity contribution >= 4 is 17.9 Å². The Morgan fingerprint density at radius 1 is 0.323 bits per heavy atom. The van der Waals surface area contributed by atoms with E-state index in [1.165, 1.54) is 51.4 Å². The van der Waals surface area contributed by atoms with Gasteiger partial charge in [-0.3, -0.25) is 14.4 Å². The molecule has 0 spiro atoms. The normalized spacial score (nSPS) is 13.2. The largest absolute Gasteiger partial charge is 0.462 e. The van der Waals surface area contributed by atoms with E-state index in [0.29, 0.717) is 19.3 Å². The summed E-state index contributed by atoms with van der Waals surface area (Å²) in [5.74, 6) is -1.08. The highest BCUT2D eigenvalue weighted by atomic mass is 16.6. The topological polar surface area (TPSA) is 78.9 Å². The van der Waals surface area contributed by atoms with E-state index >= 15 is 0 Å². The molecule has 0 aliphatic rings. The minimum absolute atomic E-state index is 0.137. The molecule has 0 unspecified atom stereocenters. The van der Waals surface area contributed by atoms with Crippen molar-refractivity contribution in [3.63, 3.8) is 0 Å². The zero-order valence-electron chi connectivity index (χ0n) is 41.4. The predicted molar refractivity (Wildman–Crippen MR) is 279 cm³/mol. The average molecular weight is 897 g/mol. The van der Waals surface area contributed by atoms with Crippen LogP contribution in [-0.2, 0) is 28.6 Å². The summed E-state index contributed by atoms with van der Waals surface area (Å²) in [4.78, 5) is 37.9. The third-order valence-electron chi connectivity index (χ3n) is 10.1. The standard InChI is InChI=1S/C59H92O6/c1-4-7-10-13-16-19-22-25-28-29-32-34-37-40-43-46-49-52-58(61)64-55-56(65-59(62)53-50-47-44-41-38-35-31-27-24-21-18-15-12-9-6-3)54-63-57(60)51-48-45-42-39-36-33-30-26-23-20-17-14-11-8-5-2/h9,12,16-21,25-28,30-32,34,36,38-41,43,56H,4-8,10-11,13-15,22-24,29,33,35,37,42,44-55H2,1-3H3/b12-9-,19-16-,20-17-,21-18-,28-25-,30-26-,31-27-,34-32-,39-36-,41-38-,43-40-/t56-/m0/s1. The molecule has 0 aliphatic heterocycles. The lowest BCUT2D eigenvalue weighted by molar-refractivity contribution is -0.167. The minimum Gasteiger partial charge on any atom is -0.462 e. The molecule has 0 aromatic rings. The second-order valence-electron chi connectivity index (χ2n) is 16.3. The Morgan fingerprint density at radius 2 is 0.600 bits per heavy atom. The lowest BCUT2D eigenvalue weighted by atomic mass is 10.1. The lowest BCUT2D eigenvalue weighted by Gasteiger charge is -2.18. The van der Waals surface area contributed by atoms with E-state index in [1.54, 1.807) is 0 Å². The van der Waals surface area contributed by atoms with Crippen LogP contribution in [0.15, 0.2) is 134 Å². The number of carbonyl (C=O) groups is 3. The molecule has 6 nitrogen and oxygen atoms in total. The molecule has 65 heavy (non-hydrogen) atoms. The molecular formula is C59H92O6. The van der Waals surface area contributed by atoms with Crippen LogP contribution in [0.3, 0.4) is 0 Å². The average Bonchev–Trinajstić information content (AvgIpc) is 3.30. The Balaban J connectivity index is 4.63. The monoisotopic (exact) mass is 897 g/mol. The third kappa shape index (κ3) is 50.4. The van der Waals surface area contributed by atoms with Gasteiger partial charge in [0.15, 0.2) is 6.10 Å². The van der Waals surface area contributed by atoms with Crippen LogP contribution in [0, 0.1) is 0 Å². The van der Waals surface area contributed by atoms with E-state index in [-0.39, 0.29) is 50.4 Å². The molecular weight excluding hydrogens is 805 g/mol. The fourth-order valence-electron chi connectivity index (χ4n) is 6.25. The first kappa shape index (κ1) is 60.5. The zero-order valence-corrected chi connectivity index (χ0v) is 41.4. The Morgan fingerprint density at radius 3 is 0.938 bits per heavy atom. The predicted octanol–water partition coefficient (Wildman–Crippen LogP) is 17.1. The second kappa shape index (κ2) is 52.2. The maximum Gasteiger partial charge on any atom is 0.306 e. The maximum atomic E-state index is 12.8. The van der Waals surface area contributed by atoms with Gasteiger partial charge in [0.05, 0.1) is 0 Å². The summed E-state index contributed by atoms with van der Waals surface area (Å²) in [6.45, 7) is 6.32. The summed E-state index contributed by atoms with van der Waals surface area (Å²) < 4.78 is 16.7. The van der Waals surface area contributed by atoms with E-state index in [4.69, 9.17) is 14.2 Å². The molecule has 0 saturated heterocycles. The van der Waals surface area contributed by atoms with Gasteiger partial charge in [-0.15, -0.1) is 0 Å². The Labute approximate surface area is 398 Å². The number of ether oxygens (including phenoxy) is 3. The van der Waals surface area contributed by atoms with Crippen molar-refractivity contribution in [2.45, 2.75) is 207 Å². The molecule has 0 saturated carbocycles. The van der Waals surface area contributed by atoms with Crippen LogP contribution < -0.4 is 0 Å². The van der Waals surface area contributed by atoms with Gasteiger partial charge >= 0.3 is 17.9 Å². The highest BCUT2D eigenvalue weighted by molar-refractivity contribution is 5.71. The Kier molecular flexibility index (Phi) is 48.6. The fourth-order valence-corrected chi connectivity index (χ4v) is 6.25. The molecule has 0 radical (unpaired) electrons. The number of hydrogen-bond acceptors (Lipinski definition) is 6. The molecule has 0 aromatic heterocycles. The molecule has 0 amide bonds. The van der Waals surface area contributed by atoms with E-state index in [9.17, 15) is 14.4 Å².